The number of carbonyl (C=O) groups is 3. The molecule has 1 aromatic heterocycles. The molecule has 0 fully saturated rings. The average Bonchev–Trinajstić information content (AvgIpc) is 3.47. The van der Waals surface area contributed by atoms with Gasteiger partial charge >= 0.3 is 12.2 Å². The lowest BCUT2D eigenvalue weighted by Crippen LogP contribution is -2.50. The molecule has 3 aromatic carbocycles. The molecule has 11 heteroatoms. The number of benzene rings is 3. The van der Waals surface area contributed by atoms with Crippen LogP contribution in [0.3, 0.4) is 0 Å². The van der Waals surface area contributed by atoms with Crippen LogP contribution in [-0.4, -0.2) is 57.6 Å². The minimum Gasteiger partial charge on any atom is -0.465 e. The molecular weight excluding hydrogens is 514 g/mol. The van der Waals surface area contributed by atoms with Crippen molar-refractivity contribution in [3.05, 3.63) is 83.4 Å². The predicted molar refractivity (Wildman–Crippen MR) is 146 cm³/mol. The predicted octanol–water partition coefficient (Wildman–Crippen LogP) is 4.22. The molecule has 40 heavy (non-hydrogen) atoms. The number of fused-ring (bicyclic) bond motifs is 4. The fourth-order valence-electron chi connectivity index (χ4n) is 4.89. The number of hydrogen-bond donors (Lipinski definition) is 3. The van der Waals surface area contributed by atoms with Crippen LogP contribution in [0.25, 0.3) is 22.2 Å². The molecule has 0 radical (unpaired) electrons. The zero-order chi connectivity index (χ0) is 28.4. The minimum absolute atomic E-state index is 0.0201. The molecule has 0 spiro atoms. The van der Waals surface area contributed by atoms with E-state index < -0.39 is 23.7 Å². The van der Waals surface area contributed by atoms with Gasteiger partial charge in [-0.05, 0) is 51.1 Å². The number of amides is 2. The summed E-state index contributed by atoms with van der Waals surface area (Å²) in [6.07, 6.45) is -2.09. The first-order valence-corrected chi connectivity index (χ1v) is 12.8. The molecule has 2 amide bonds. The van der Waals surface area contributed by atoms with Crippen LogP contribution in [0.5, 0.6) is 0 Å². The largest absolute Gasteiger partial charge is 0.535 e. The van der Waals surface area contributed by atoms with E-state index in [9.17, 15) is 14.4 Å². The van der Waals surface area contributed by atoms with E-state index in [1.54, 1.807) is 36.4 Å². The van der Waals surface area contributed by atoms with Gasteiger partial charge in [0.15, 0.2) is 0 Å². The van der Waals surface area contributed by atoms with Gasteiger partial charge in [-0.3, -0.25) is 9.63 Å². The molecule has 11 nitrogen and oxygen atoms in total. The Bertz CT molecular complexity index is 1590. The van der Waals surface area contributed by atoms with E-state index in [1.165, 1.54) is 0 Å². The van der Waals surface area contributed by atoms with Crippen LogP contribution in [0.4, 0.5) is 9.59 Å². The van der Waals surface area contributed by atoms with Crippen LogP contribution in [0.15, 0.2) is 66.7 Å². The van der Waals surface area contributed by atoms with E-state index in [0.29, 0.717) is 16.6 Å². The van der Waals surface area contributed by atoms with Crippen molar-refractivity contribution in [2.24, 2.45) is 5.41 Å². The maximum atomic E-state index is 13.6. The first-order chi connectivity index (χ1) is 19.1. The summed E-state index contributed by atoms with van der Waals surface area (Å²) < 4.78 is 5.51. The van der Waals surface area contributed by atoms with Crippen molar-refractivity contribution >= 4 is 29.2 Å². The molecule has 3 N–H and O–H groups in total. The molecule has 1 aliphatic rings. The Morgan fingerprint density at radius 3 is 2.50 bits per heavy atom. The van der Waals surface area contributed by atoms with Crippen molar-refractivity contribution in [2.75, 3.05) is 13.2 Å². The lowest BCUT2D eigenvalue weighted by molar-refractivity contribution is 0.0379. The van der Waals surface area contributed by atoms with Crippen LogP contribution in [0, 0.1) is 5.41 Å². The number of carboxylic acid groups (broad SMARTS) is 1. The van der Waals surface area contributed by atoms with Crippen molar-refractivity contribution in [2.45, 2.75) is 32.7 Å². The highest BCUT2D eigenvalue weighted by molar-refractivity contribution is 6.03. The average molecular weight is 544 g/mol. The Morgan fingerprint density at radius 1 is 1.00 bits per heavy atom. The molecule has 0 saturated carbocycles. The summed E-state index contributed by atoms with van der Waals surface area (Å²) in [4.78, 5) is 43.5. The van der Waals surface area contributed by atoms with Crippen LogP contribution < -0.4 is 15.5 Å². The number of rotatable bonds is 7. The highest BCUT2D eigenvalue weighted by Gasteiger charge is 2.34. The highest BCUT2D eigenvalue weighted by Crippen LogP contribution is 2.46. The molecule has 1 heterocycles. The fourth-order valence-corrected chi connectivity index (χ4v) is 4.89. The number of para-hydroxylation sites is 1. The Hall–Kier alpha value is -4.93. The summed E-state index contributed by atoms with van der Waals surface area (Å²) >= 11 is 0. The lowest BCUT2D eigenvalue weighted by Gasteiger charge is -2.31. The van der Waals surface area contributed by atoms with Crippen LogP contribution in [0.1, 0.15) is 48.2 Å². The monoisotopic (exact) mass is 543 g/mol. The van der Waals surface area contributed by atoms with Crippen LogP contribution >= 0.6 is 0 Å². The quantitative estimate of drug-likeness (QED) is 0.232. The standard InChI is InChI=1S/C29H29N5O6/c1-29(2,3)24(15-30-27(36)37)31-26(35)20-12-8-11-19-21(17-9-4-5-10-18(17)25(19)20)16-39-28(38)40-34-23-14-7-6-13-22(23)32-33-34/h4-14,21,24,30H,15-16H2,1-3H3,(H,31,35)(H,36,37). The lowest BCUT2D eigenvalue weighted by atomic mass is 9.86. The van der Waals surface area contributed by atoms with Gasteiger partial charge in [-0.15, -0.1) is 5.10 Å². The summed E-state index contributed by atoms with van der Waals surface area (Å²) in [5, 5.41) is 22.3. The number of nitrogens with one attached hydrogen (secondary N) is 2. The van der Waals surface area contributed by atoms with E-state index in [4.69, 9.17) is 14.7 Å². The summed E-state index contributed by atoms with van der Waals surface area (Å²) in [6, 6.07) is 19.7. The number of carbonyl (C=O) groups excluding carboxylic acids is 2. The van der Waals surface area contributed by atoms with E-state index in [2.05, 4.69) is 20.9 Å². The number of hydrogen-bond acceptors (Lipinski definition) is 7. The molecule has 5 rings (SSSR count). The van der Waals surface area contributed by atoms with Gasteiger partial charge in [0, 0.05) is 18.0 Å². The summed E-state index contributed by atoms with van der Waals surface area (Å²) in [5.74, 6) is -0.649. The number of aromatic nitrogens is 3. The summed E-state index contributed by atoms with van der Waals surface area (Å²) in [7, 11) is 0. The number of nitrogens with zero attached hydrogens (tertiary/aromatic N) is 3. The van der Waals surface area contributed by atoms with Crippen molar-refractivity contribution in [3.63, 3.8) is 0 Å². The third-order valence-corrected chi connectivity index (χ3v) is 6.98. The SMILES string of the molecule is CC(C)(C)C(CNC(=O)O)NC(=O)c1cccc2c1-c1ccccc1C2COC(=O)On1nnc2ccccc21. The molecule has 0 saturated heterocycles. The third kappa shape index (κ3) is 5.31. The second-order valence-electron chi connectivity index (χ2n) is 10.6. The molecular formula is C29H29N5O6. The van der Waals surface area contributed by atoms with E-state index >= 15 is 0 Å². The van der Waals surface area contributed by atoms with E-state index in [1.807, 2.05) is 51.1 Å². The van der Waals surface area contributed by atoms with Gasteiger partial charge in [-0.25, -0.2) is 9.59 Å². The molecule has 206 valence electrons. The Labute approximate surface area is 230 Å². The van der Waals surface area contributed by atoms with Gasteiger partial charge in [0.25, 0.3) is 5.91 Å². The molecule has 1 aliphatic carbocycles. The summed E-state index contributed by atoms with van der Waals surface area (Å²) in [5.41, 5.74) is 4.52. The van der Waals surface area contributed by atoms with Crippen molar-refractivity contribution in [1.82, 2.24) is 25.8 Å². The van der Waals surface area contributed by atoms with Gasteiger partial charge in [-0.1, -0.05) is 74.1 Å². The summed E-state index contributed by atoms with van der Waals surface area (Å²) in [6.45, 7) is 5.84. The Balaban J connectivity index is 1.37. The zero-order valence-corrected chi connectivity index (χ0v) is 22.2. The zero-order valence-electron chi connectivity index (χ0n) is 22.2. The third-order valence-electron chi connectivity index (χ3n) is 6.98. The van der Waals surface area contributed by atoms with E-state index in [0.717, 1.165) is 27.1 Å². The van der Waals surface area contributed by atoms with Crippen molar-refractivity contribution in [1.29, 1.82) is 0 Å². The first kappa shape index (κ1) is 26.7. The van der Waals surface area contributed by atoms with Crippen molar-refractivity contribution < 1.29 is 29.1 Å². The van der Waals surface area contributed by atoms with Gasteiger partial charge in [0.2, 0.25) is 0 Å². The Morgan fingerprint density at radius 2 is 1.73 bits per heavy atom. The molecule has 0 bridgehead atoms. The van der Waals surface area contributed by atoms with Crippen LogP contribution in [-0.2, 0) is 4.74 Å². The maximum Gasteiger partial charge on any atom is 0.535 e. The smallest absolute Gasteiger partial charge is 0.465 e. The number of ether oxygens (including phenoxy) is 1. The maximum absolute atomic E-state index is 13.6. The van der Waals surface area contributed by atoms with E-state index in [-0.39, 0.29) is 25.0 Å². The van der Waals surface area contributed by atoms with Gasteiger partial charge in [0.1, 0.15) is 17.6 Å². The second-order valence-corrected chi connectivity index (χ2v) is 10.6. The molecule has 0 aliphatic heterocycles. The second kappa shape index (κ2) is 10.7. The molecule has 2 atom stereocenters. The topological polar surface area (TPSA) is 145 Å². The molecule has 4 aromatic rings. The minimum atomic E-state index is -1.16. The normalized spacial score (nSPS) is 14.6. The highest BCUT2D eigenvalue weighted by atomic mass is 16.8. The fraction of sp³-hybridized carbons (Fsp3) is 0.276. The Kier molecular flexibility index (Phi) is 7.12. The van der Waals surface area contributed by atoms with Gasteiger partial charge in [0.05, 0.1) is 6.04 Å². The first-order valence-electron chi connectivity index (χ1n) is 12.8. The van der Waals surface area contributed by atoms with Gasteiger partial charge < -0.3 is 20.5 Å². The molecule has 2 unspecified atom stereocenters. The van der Waals surface area contributed by atoms with Crippen molar-refractivity contribution in [3.8, 4) is 11.1 Å². The van der Waals surface area contributed by atoms with Gasteiger partial charge in [-0.2, -0.15) is 0 Å². The van der Waals surface area contributed by atoms with Crippen LogP contribution in [0.2, 0.25) is 0 Å².